The Hall–Kier alpha value is -15.5. The van der Waals surface area contributed by atoms with Crippen molar-refractivity contribution in [2.75, 3.05) is 0 Å². The summed E-state index contributed by atoms with van der Waals surface area (Å²) < 4.78 is 0. The van der Waals surface area contributed by atoms with Crippen molar-refractivity contribution in [2.45, 2.75) is 0 Å². The minimum Gasteiger partial charge on any atom is -0.248 e. The third kappa shape index (κ3) is 13.2. The van der Waals surface area contributed by atoms with Gasteiger partial charge in [0.15, 0.2) is 17.5 Å². The fourth-order valence-corrected chi connectivity index (χ4v) is 16.6. The Bertz CT molecular complexity index is 6970. The maximum atomic E-state index is 5.48. The fourth-order valence-electron chi connectivity index (χ4n) is 16.6. The second kappa shape index (κ2) is 29.6. The van der Waals surface area contributed by atoms with Gasteiger partial charge in [-0.05, 0) is 170 Å². The first-order valence-electron chi connectivity index (χ1n) is 39.3. The normalized spacial score (nSPS) is 11.4. The Morgan fingerprint density at radius 2 is 0.379 bits per heavy atom. The van der Waals surface area contributed by atoms with Gasteiger partial charge in [0.2, 0.25) is 0 Å². The molecule has 116 heavy (non-hydrogen) atoms. The summed E-state index contributed by atoms with van der Waals surface area (Å²) in [6.07, 6.45) is 0. The Morgan fingerprint density at radius 1 is 0.121 bits per heavy atom. The molecule has 4 aromatic heterocycles. The van der Waals surface area contributed by atoms with E-state index >= 15 is 0 Å². The molecule has 0 aliphatic heterocycles. The summed E-state index contributed by atoms with van der Waals surface area (Å²) in [5.41, 5.74) is 24.5. The summed E-state index contributed by atoms with van der Waals surface area (Å²) in [4.78, 5) is 30.9. The molecule has 0 radical (unpaired) electrons. The van der Waals surface area contributed by atoms with Gasteiger partial charge in [0.05, 0.1) is 33.8 Å². The van der Waals surface area contributed by atoms with Crippen molar-refractivity contribution < 1.29 is 0 Å². The molecule has 6 nitrogen and oxygen atoms in total. The molecular formula is C110H70N6. The molecule has 22 rings (SSSR count). The second-order valence-corrected chi connectivity index (χ2v) is 29.6. The standard InChI is InChI=1S/C56H36N2.C54H34N4/c1-3-15-41(16-4-1)53-33-47(34-54(57-53)42-17-5-2-6-18-42)39-23-27-40(28-24-39)50-35-52-51(45-29-25-37-13-7-9-19-43(37)31-45)36-55(58-56(52)49-22-12-11-21-48(49)50)46-30-26-38-14-8-10-20-44(38)32-46;1-3-15-38(16-4-1)52-56-53(39-17-5-2-6-18-39)58-54(57-52)40-27-25-37(26-28-40)47-33-49-48(43-29-23-35-13-7-9-19-41(35)31-43)34-50(55-51(49)46-22-12-11-21-45(46)47)44-30-24-36-14-8-10-20-42(36)32-44/h1-36H;1-34H. The van der Waals surface area contributed by atoms with E-state index in [1.807, 2.05) is 72.8 Å². The lowest BCUT2D eigenvalue weighted by molar-refractivity contribution is 1.07. The number of pyridine rings is 3. The smallest absolute Gasteiger partial charge is 0.164 e. The van der Waals surface area contributed by atoms with Crippen molar-refractivity contribution in [3.63, 3.8) is 0 Å². The third-order valence-electron chi connectivity index (χ3n) is 22.5. The first-order valence-corrected chi connectivity index (χ1v) is 39.3. The van der Waals surface area contributed by atoms with Gasteiger partial charge in [0.1, 0.15) is 0 Å². The van der Waals surface area contributed by atoms with E-state index in [0.29, 0.717) is 17.5 Å². The summed E-state index contributed by atoms with van der Waals surface area (Å²) in [6, 6.07) is 151. The molecule has 0 unspecified atom stereocenters. The number of benzene rings is 18. The van der Waals surface area contributed by atoms with Crippen LogP contribution in [0.1, 0.15) is 0 Å². The molecule has 0 amide bonds. The number of nitrogens with zero attached hydrogens (tertiary/aromatic N) is 6. The van der Waals surface area contributed by atoms with Crippen LogP contribution in [-0.4, -0.2) is 29.9 Å². The van der Waals surface area contributed by atoms with Gasteiger partial charge in [-0.3, -0.25) is 0 Å². The largest absolute Gasteiger partial charge is 0.248 e. The van der Waals surface area contributed by atoms with E-state index in [1.54, 1.807) is 0 Å². The lowest BCUT2D eigenvalue weighted by Gasteiger charge is -2.17. The zero-order chi connectivity index (χ0) is 76.8. The van der Waals surface area contributed by atoms with Crippen molar-refractivity contribution >= 4 is 86.4 Å². The van der Waals surface area contributed by atoms with E-state index in [0.717, 1.165) is 139 Å². The van der Waals surface area contributed by atoms with Crippen LogP contribution in [0, 0.1) is 0 Å². The first-order chi connectivity index (χ1) is 57.4. The zero-order valence-electron chi connectivity index (χ0n) is 63.1. The predicted molar refractivity (Wildman–Crippen MR) is 485 cm³/mol. The van der Waals surface area contributed by atoms with Crippen molar-refractivity contribution in [3.05, 3.63) is 425 Å². The van der Waals surface area contributed by atoms with E-state index in [2.05, 4.69) is 352 Å². The molecule has 0 aliphatic rings. The van der Waals surface area contributed by atoms with Crippen molar-refractivity contribution in [1.82, 2.24) is 29.9 Å². The van der Waals surface area contributed by atoms with Crippen molar-refractivity contribution in [1.29, 1.82) is 0 Å². The third-order valence-corrected chi connectivity index (χ3v) is 22.5. The number of rotatable bonds is 12. The minimum absolute atomic E-state index is 0.631. The van der Waals surface area contributed by atoms with Crippen LogP contribution in [0.2, 0.25) is 0 Å². The summed E-state index contributed by atoms with van der Waals surface area (Å²) in [5, 5.41) is 16.5. The molecule has 0 saturated heterocycles. The lowest BCUT2D eigenvalue weighted by Crippen LogP contribution is -2.00. The van der Waals surface area contributed by atoms with E-state index < -0.39 is 0 Å². The number of hydrogen-bond donors (Lipinski definition) is 0. The van der Waals surface area contributed by atoms with E-state index in [1.165, 1.54) is 65.2 Å². The highest BCUT2D eigenvalue weighted by Crippen LogP contribution is 2.45. The van der Waals surface area contributed by atoms with E-state index in [-0.39, 0.29) is 0 Å². The average molecular weight is 1480 g/mol. The summed E-state index contributed by atoms with van der Waals surface area (Å²) in [5.74, 6) is 1.92. The molecule has 0 aliphatic carbocycles. The van der Waals surface area contributed by atoms with Gasteiger partial charge in [-0.25, -0.2) is 29.9 Å². The SMILES string of the molecule is c1ccc(-c2cc(-c3ccc(-c4cc5c(-c6ccc7ccccc7c6)cc(-c6ccc7ccccc7c6)nc5c5ccccc45)cc3)cc(-c3ccccc3)n2)cc1.c1ccc(-c2nc(-c3ccccc3)nc(-c3ccc(-c4cc5c(-c6ccc7ccccc7c6)cc(-c6ccc7ccccc7c6)nc5c5ccccc45)cc3)n2)cc1. The summed E-state index contributed by atoms with van der Waals surface area (Å²) in [7, 11) is 0. The molecule has 0 atom stereocenters. The van der Waals surface area contributed by atoms with Gasteiger partial charge in [0, 0.05) is 60.5 Å². The molecular weight excluding hydrogens is 1410 g/mol. The Labute approximate surface area is 671 Å². The van der Waals surface area contributed by atoms with Crippen LogP contribution in [0.5, 0.6) is 0 Å². The highest BCUT2D eigenvalue weighted by atomic mass is 15.0. The van der Waals surface area contributed by atoms with Gasteiger partial charge in [-0.1, -0.05) is 364 Å². The van der Waals surface area contributed by atoms with Crippen LogP contribution in [0.3, 0.4) is 0 Å². The Morgan fingerprint density at radius 3 is 0.750 bits per heavy atom. The molecule has 18 aromatic carbocycles. The van der Waals surface area contributed by atoms with Crippen molar-refractivity contribution in [3.8, 4) is 135 Å². The summed E-state index contributed by atoms with van der Waals surface area (Å²) >= 11 is 0. The molecule has 4 heterocycles. The number of hydrogen-bond acceptors (Lipinski definition) is 6. The Balaban J connectivity index is 0.000000145. The monoisotopic (exact) mass is 1470 g/mol. The van der Waals surface area contributed by atoms with E-state index in [9.17, 15) is 0 Å². The number of aromatic nitrogens is 6. The molecule has 0 N–H and O–H groups in total. The minimum atomic E-state index is 0.631. The van der Waals surface area contributed by atoms with Crippen LogP contribution >= 0.6 is 0 Å². The molecule has 22 aromatic rings. The quantitative estimate of drug-likeness (QED) is 0.113. The van der Waals surface area contributed by atoms with Gasteiger partial charge in [-0.2, -0.15) is 0 Å². The van der Waals surface area contributed by atoms with Gasteiger partial charge < -0.3 is 0 Å². The molecule has 6 heteroatoms. The van der Waals surface area contributed by atoms with E-state index in [4.69, 9.17) is 29.9 Å². The molecule has 0 bridgehead atoms. The van der Waals surface area contributed by atoms with Crippen LogP contribution < -0.4 is 0 Å². The van der Waals surface area contributed by atoms with Crippen LogP contribution in [0.15, 0.2) is 425 Å². The molecule has 0 fully saturated rings. The summed E-state index contributed by atoms with van der Waals surface area (Å²) in [6.45, 7) is 0. The average Bonchev–Trinajstić information content (AvgIpc) is 0.738. The highest BCUT2D eigenvalue weighted by Gasteiger charge is 2.22. The highest BCUT2D eigenvalue weighted by molar-refractivity contribution is 6.18. The Kier molecular flexibility index (Phi) is 17.5. The molecule has 0 spiro atoms. The second-order valence-electron chi connectivity index (χ2n) is 29.6. The maximum absolute atomic E-state index is 5.48. The van der Waals surface area contributed by atoms with Crippen LogP contribution in [0.25, 0.3) is 221 Å². The number of fused-ring (bicyclic) bond motifs is 10. The van der Waals surface area contributed by atoms with Crippen LogP contribution in [0.4, 0.5) is 0 Å². The van der Waals surface area contributed by atoms with Gasteiger partial charge in [0.25, 0.3) is 0 Å². The topological polar surface area (TPSA) is 77.3 Å². The fraction of sp³-hybridized carbons (Fsp3) is 0. The maximum Gasteiger partial charge on any atom is 0.164 e. The molecule has 540 valence electrons. The van der Waals surface area contributed by atoms with Crippen molar-refractivity contribution in [2.24, 2.45) is 0 Å². The van der Waals surface area contributed by atoms with Crippen LogP contribution in [-0.2, 0) is 0 Å². The lowest BCUT2D eigenvalue weighted by atomic mass is 9.90. The molecule has 0 saturated carbocycles. The van der Waals surface area contributed by atoms with Gasteiger partial charge >= 0.3 is 0 Å². The zero-order valence-corrected chi connectivity index (χ0v) is 63.1. The first kappa shape index (κ1) is 68.5. The van der Waals surface area contributed by atoms with Gasteiger partial charge in [-0.15, -0.1) is 0 Å². The predicted octanol–water partition coefficient (Wildman–Crippen LogP) is 29.0.